The molecule has 1 unspecified atom stereocenters. The van der Waals surface area contributed by atoms with Gasteiger partial charge in [-0.25, -0.2) is 14.6 Å². The number of amides is 2. The monoisotopic (exact) mass is 656 g/mol. The van der Waals surface area contributed by atoms with Crippen LogP contribution in [-0.2, 0) is 6.54 Å². The lowest BCUT2D eigenvalue weighted by Crippen LogP contribution is -2.41. The summed E-state index contributed by atoms with van der Waals surface area (Å²) < 4.78 is 7.07. The molecule has 2 N–H and O–H groups in total. The van der Waals surface area contributed by atoms with E-state index in [1.807, 2.05) is 24.3 Å². The van der Waals surface area contributed by atoms with Crippen molar-refractivity contribution in [2.75, 3.05) is 25.0 Å². The molecule has 2 saturated heterocycles. The Morgan fingerprint density at radius 3 is 2.36 bits per heavy atom. The Labute approximate surface area is 276 Å². The molecule has 4 aromatic rings. The van der Waals surface area contributed by atoms with Crippen molar-refractivity contribution < 1.29 is 24.2 Å². The van der Waals surface area contributed by atoms with Gasteiger partial charge in [0.25, 0.3) is 5.91 Å². The number of aromatic nitrogens is 5. The van der Waals surface area contributed by atoms with E-state index in [0.29, 0.717) is 54.1 Å². The summed E-state index contributed by atoms with van der Waals surface area (Å²) >= 11 is 1.52. The third-order valence-corrected chi connectivity index (χ3v) is 9.77. The highest BCUT2D eigenvalue weighted by Gasteiger charge is 2.27. The molecule has 2 aliphatic heterocycles. The number of carboxylic acids is 1. The van der Waals surface area contributed by atoms with E-state index in [-0.39, 0.29) is 22.6 Å². The van der Waals surface area contributed by atoms with Crippen LogP contribution in [0, 0.1) is 0 Å². The molecule has 2 aromatic carbocycles. The number of rotatable bonds is 9. The van der Waals surface area contributed by atoms with Crippen molar-refractivity contribution in [3.05, 3.63) is 83.6 Å². The maximum Gasteiger partial charge on any atom is 0.416 e. The van der Waals surface area contributed by atoms with Crippen LogP contribution in [0.25, 0.3) is 5.69 Å². The zero-order valence-corrected chi connectivity index (χ0v) is 26.8. The third kappa shape index (κ3) is 8.13. The molecule has 2 aromatic heterocycles. The number of hydrogen-bond acceptors (Lipinski definition) is 10. The van der Waals surface area contributed by atoms with E-state index in [1.165, 1.54) is 54.9 Å². The number of anilines is 1. The van der Waals surface area contributed by atoms with E-state index in [2.05, 4.69) is 37.6 Å². The molecule has 244 valence electrons. The van der Waals surface area contributed by atoms with Crippen LogP contribution < -0.4 is 10.1 Å². The Morgan fingerprint density at radius 2 is 1.68 bits per heavy atom. The molecule has 13 nitrogen and oxygen atoms in total. The lowest BCUT2D eigenvalue weighted by Gasteiger charge is -2.33. The highest BCUT2D eigenvalue weighted by atomic mass is 32.2. The van der Waals surface area contributed by atoms with E-state index >= 15 is 0 Å². The number of nitrogens with one attached hydrogen (secondary N) is 1. The van der Waals surface area contributed by atoms with Gasteiger partial charge >= 0.3 is 12.1 Å². The van der Waals surface area contributed by atoms with Crippen LogP contribution in [0.4, 0.5) is 10.5 Å². The van der Waals surface area contributed by atoms with Gasteiger partial charge in [0, 0.05) is 42.6 Å². The molecule has 2 aliphatic rings. The van der Waals surface area contributed by atoms with Crippen LogP contribution in [0.5, 0.6) is 5.88 Å². The lowest BCUT2D eigenvalue weighted by atomic mass is 10.0. The molecule has 2 amide bonds. The first kappa shape index (κ1) is 32.1. The van der Waals surface area contributed by atoms with Gasteiger partial charge in [-0.2, -0.15) is 4.68 Å². The molecule has 1 atom stereocenters. The van der Waals surface area contributed by atoms with Gasteiger partial charge in [-0.3, -0.25) is 9.69 Å². The zero-order chi connectivity index (χ0) is 32.8. The van der Waals surface area contributed by atoms with Crippen molar-refractivity contribution in [1.82, 2.24) is 35.0 Å². The average Bonchev–Trinajstić information content (AvgIpc) is 3.55. The summed E-state index contributed by atoms with van der Waals surface area (Å²) in [5.74, 6) is -1.09. The Morgan fingerprint density at radius 1 is 0.936 bits per heavy atom. The minimum absolute atomic E-state index is 0.147. The molecule has 0 spiro atoms. The summed E-state index contributed by atoms with van der Waals surface area (Å²) in [6.07, 6.45) is 6.15. The predicted octanol–water partition coefficient (Wildman–Crippen LogP) is 5.14. The van der Waals surface area contributed by atoms with Crippen LogP contribution in [0.2, 0.25) is 0 Å². The molecule has 0 aliphatic carbocycles. The maximum atomic E-state index is 12.8. The summed E-state index contributed by atoms with van der Waals surface area (Å²) in [4.78, 5) is 45.1. The first-order chi connectivity index (χ1) is 22.8. The highest BCUT2D eigenvalue weighted by molar-refractivity contribution is 7.99. The van der Waals surface area contributed by atoms with Crippen molar-refractivity contribution in [3.8, 4) is 11.6 Å². The second-order valence-electron chi connectivity index (χ2n) is 11.7. The number of nitrogens with zero attached hydrogens (tertiary/aromatic N) is 7. The fourth-order valence-electron chi connectivity index (χ4n) is 5.73. The highest BCUT2D eigenvalue weighted by Crippen LogP contribution is 2.30. The van der Waals surface area contributed by atoms with Crippen LogP contribution >= 0.6 is 11.8 Å². The number of benzene rings is 2. The quantitative estimate of drug-likeness (QED) is 0.246. The fourth-order valence-corrected chi connectivity index (χ4v) is 6.80. The van der Waals surface area contributed by atoms with Gasteiger partial charge in [0.15, 0.2) is 0 Å². The van der Waals surface area contributed by atoms with E-state index in [4.69, 9.17) is 9.84 Å². The number of ether oxygens (including phenoxy) is 1. The van der Waals surface area contributed by atoms with Crippen LogP contribution in [0.15, 0.2) is 72.0 Å². The van der Waals surface area contributed by atoms with Gasteiger partial charge in [-0.05, 0) is 97.6 Å². The number of tetrazole rings is 1. The Bertz CT molecular complexity index is 1690. The van der Waals surface area contributed by atoms with Gasteiger partial charge in [0.2, 0.25) is 11.0 Å². The van der Waals surface area contributed by atoms with E-state index in [0.717, 1.165) is 13.1 Å². The number of carbonyl (C=O) groups excluding carboxylic acids is 2. The number of aromatic carboxylic acids is 1. The number of piperidine rings is 2. The third-order valence-electron chi connectivity index (χ3n) is 8.50. The summed E-state index contributed by atoms with van der Waals surface area (Å²) in [6.45, 7) is 5.26. The van der Waals surface area contributed by atoms with Crippen molar-refractivity contribution in [3.63, 3.8) is 0 Å². The summed E-state index contributed by atoms with van der Waals surface area (Å²) in [5.41, 5.74) is 3.09. The molecule has 0 bridgehead atoms. The molecule has 47 heavy (non-hydrogen) atoms. The number of hydrogen-bond donors (Lipinski definition) is 2. The van der Waals surface area contributed by atoms with E-state index in [1.54, 1.807) is 33.8 Å². The smallest absolute Gasteiger partial charge is 0.416 e. The standard InChI is InChI=1S/C33H36N8O5S/c1-22-4-2-3-17-40(22)21-23-5-7-24(8-6-23)30(42)35-26-11-14-29(34-20-26)46-33(45)39-18-15-28(16-19-39)47-32-36-37-38-41(32)27-12-9-25(10-13-27)31(43)44/h5-14,20,22,28H,2-4,15-19,21H2,1H3,(H,35,42)(H,43,44). The van der Waals surface area contributed by atoms with Crippen LogP contribution in [0.3, 0.4) is 0 Å². The average molecular weight is 657 g/mol. The molecule has 0 radical (unpaired) electrons. The Kier molecular flexibility index (Phi) is 10.1. The summed E-state index contributed by atoms with van der Waals surface area (Å²) in [7, 11) is 0. The van der Waals surface area contributed by atoms with E-state index in [9.17, 15) is 14.4 Å². The van der Waals surface area contributed by atoms with Gasteiger partial charge in [0.1, 0.15) is 0 Å². The molecule has 0 saturated carbocycles. The predicted molar refractivity (Wildman–Crippen MR) is 175 cm³/mol. The molecular formula is C33H36N8O5S. The first-order valence-electron chi connectivity index (χ1n) is 15.7. The zero-order valence-electron chi connectivity index (χ0n) is 26.0. The van der Waals surface area contributed by atoms with Gasteiger partial charge in [-0.1, -0.05) is 30.3 Å². The Balaban J connectivity index is 0.951. The molecule has 6 rings (SSSR count). The number of carbonyl (C=O) groups is 3. The molecular weight excluding hydrogens is 620 g/mol. The largest absolute Gasteiger partial charge is 0.478 e. The summed E-state index contributed by atoms with van der Waals surface area (Å²) in [5, 5.41) is 24.7. The van der Waals surface area contributed by atoms with Crippen LogP contribution in [-0.4, -0.2) is 89.0 Å². The number of carboxylic acid groups (broad SMARTS) is 1. The second kappa shape index (κ2) is 14.7. The second-order valence-corrected chi connectivity index (χ2v) is 13.0. The summed E-state index contributed by atoms with van der Waals surface area (Å²) in [6, 6.07) is 17.8. The lowest BCUT2D eigenvalue weighted by molar-refractivity contribution is 0.0696. The minimum Gasteiger partial charge on any atom is -0.478 e. The normalized spacial score (nSPS) is 17.3. The van der Waals surface area contributed by atoms with Gasteiger partial charge in [-0.15, -0.1) is 5.10 Å². The van der Waals surface area contributed by atoms with Gasteiger partial charge < -0.3 is 20.1 Å². The maximum absolute atomic E-state index is 12.8. The van der Waals surface area contributed by atoms with Crippen molar-refractivity contribution in [1.29, 1.82) is 0 Å². The van der Waals surface area contributed by atoms with Crippen molar-refractivity contribution >= 4 is 35.4 Å². The number of likely N-dealkylation sites (tertiary alicyclic amines) is 2. The number of thioether (sulfide) groups is 1. The van der Waals surface area contributed by atoms with E-state index < -0.39 is 12.1 Å². The molecule has 14 heteroatoms. The topological polar surface area (TPSA) is 156 Å². The molecule has 2 fully saturated rings. The fraction of sp³-hybridized carbons (Fsp3) is 0.364. The number of pyridine rings is 1. The van der Waals surface area contributed by atoms with Gasteiger partial charge in [0.05, 0.1) is 23.1 Å². The van der Waals surface area contributed by atoms with Crippen LogP contribution in [0.1, 0.15) is 65.3 Å². The minimum atomic E-state index is -1.00. The molecule has 4 heterocycles. The van der Waals surface area contributed by atoms with Crippen molar-refractivity contribution in [2.24, 2.45) is 0 Å². The van der Waals surface area contributed by atoms with Crippen molar-refractivity contribution in [2.45, 2.75) is 62.0 Å². The first-order valence-corrected chi connectivity index (χ1v) is 16.6. The Hall–Kier alpha value is -4.82. The SMILES string of the molecule is CC1CCCCN1Cc1ccc(C(=O)Nc2ccc(OC(=O)N3CCC(Sc4nnnn4-c4ccc(C(=O)O)cc4)CC3)nc2)cc1.